The van der Waals surface area contributed by atoms with Gasteiger partial charge in [-0.2, -0.15) is 13.2 Å². The van der Waals surface area contributed by atoms with E-state index in [9.17, 15) is 26.7 Å². The van der Waals surface area contributed by atoms with Crippen LogP contribution in [0.1, 0.15) is 15.9 Å². The molecule has 6 heteroatoms. The molecule has 0 spiro atoms. The van der Waals surface area contributed by atoms with Crippen molar-refractivity contribution in [2.45, 2.75) is 6.18 Å². The molecule has 0 heterocycles. The zero-order chi connectivity index (χ0) is 14.9. The fourth-order valence-corrected chi connectivity index (χ4v) is 1.82. The molecule has 2 aromatic carbocycles. The van der Waals surface area contributed by atoms with Gasteiger partial charge in [0.05, 0.1) is 5.56 Å². The van der Waals surface area contributed by atoms with Gasteiger partial charge in [0.25, 0.3) is 0 Å². The number of aldehydes is 1. The lowest BCUT2D eigenvalue weighted by Gasteiger charge is -2.11. The molecule has 0 fully saturated rings. The number of halogens is 5. The van der Waals surface area contributed by atoms with Crippen LogP contribution in [0.5, 0.6) is 0 Å². The van der Waals surface area contributed by atoms with Crippen molar-refractivity contribution in [2.24, 2.45) is 0 Å². The third-order valence-corrected chi connectivity index (χ3v) is 2.74. The van der Waals surface area contributed by atoms with Gasteiger partial charge in [0.15, 0.2) is 6.29 Å². The lowest BCUT2D eigenvalue weighted by atomic mass is 9.98. The zero-order valence-electron chi connectivity index (χ0n) is 9.84. The lowest BCUT2D eigenvalue weighted by Crippen LogP contribution is -2.06. The first-order valence-corrected chi connectivity index (χ1v) is 5.45. The molecule has 0 aliphatic rings. The largest absolute Gasteiger partial charge is 0.416 e. The number of rotatable bonds is 2. The van der Waals surface area contributed by atoms with Gasteiger partial charge in [-0.1, -0.05) is 18.2 Å². The summed E-state index contributed by atoms with van der Waals surface area (Å²) in [5.41, 5.74) is -2.06. The van der Waals surface area contributed by atoms with Crippen molar-refractivity contribution in [2.75, 3.05) is 0 Å². The molecule has 0 saturated heterocycles. The van der Waals surface area contributed by atoms with E-state index >= 15 is 0 Å². The van der Waals surface area contributed by atoms with Crippen LogP contribution >= 0.6 is 0 Å². The Morgan fingerprint density at radius 2 is 1.65 bits per heavy atom. The molecule has 0 aliphatic heterocycles. The third kappa shape index (κ3) is 2.54. The van der Waals surface area contributed by atoms with E-state index in [1.807, 2.05) is 0 Å². The highest BCUT2D eigenvalue weighted by atomic mass is 19.4. The van der Waals surface area contributed by atoms with E-state index in [0.717, 1.165) is 12.1 Å². The van der Waals surface area contributed by atoms with Crippen molar-refractivity contribution in [1.82, 2.24) is 0 Å². The summed E-state index contributed by atoms with van der Waals surface area (Å²) < 4.78 is 64.8. The SMILES string of the molecule is O=Cc1cccc(F)c1-c1ccc(C(F)(F)F)cc1F. The van der Waals surface area contributed by atoms with Crippen LogP contribution in [0.15, 0.2) is 36.4 Å². The highest BCUT2D eigenvalue weighted by Gasteiger charge is 2.31. The van der Waals surface area contributed by atoms with Gasteiger partial charge in [-0.25, -0.2) is 8.78 Å². The van der Waals surface area contributed by atoms with Crippen LogP contribution in [0.2, 0.25) is 0 Å². The van der Waals surface area contributed by atoms with Crippen molar-refractivity contribution in [3.8, 4) is 11.1 Å². The van der Waals surface area contributed by atoms with Gasteiger partial charge in [0.1, 0.15) is 11.6 Å². The van der Waals surface area contributed by atoms with Crippen molar-refractivity contribution in [1.29, 1.82) is 0 Å². The quantitative estimate of drug-likeness (QED) is 0.588. The van der Waals surface area contributed by atoms with E-state index in [1.54, 1.807) is 0 Å². The Hall–Kier alpha value is -2.24. The first kappa shape index (κ1) is 14.2. The Labute approximate surface area is 110 Å². The molecule has 0 saturated carbocycles. The third-order valence-electron chi connectivity index (χ3n) is 2.74. The van der Waals surface area contributed by atoms with Crippen molar-refractivity contribution in [3.05, 3.63) is 59.2 Å². The predicted molar refractivity (Wildman–Crippen MR) is 62.2 cm³/mol. The highest BCUT2D eigenvalue weighted by Crippen LogP contribution is 2.34. The average molecular weight is 286 g/mol. The summed E-state index contributed by atoms with van der Waals surface area (Å²) in [5.74, 6) is -2.12. The van der Waals surface area contributed by atoms with Crippen molar-refractivity contribution >= 4 is 6.29 Å². The second-order valence-electron chi connectivity index (χ2n) is 4.01. The van der Waals surface area contributed by atoms with E-state index in [-0.39, 0.29) is 17.2 Å². The molecule has 0 unspecified atom stereocenters. The standard InChI is InChI=1S/C14H7F5O/c15-11-3-1-2-8(7-20)13(11)10-5-4-9(6-12(10)16)14(17,18)19/h1-7H. The van der Waals surface area contributed by atoms with Crippen molar-refractivity contribution in [3.63, 3.8) is 0 Å². The molecule has 2 aromatic rings. The molecular formula is C14H7F5O. The molecule has 20 heavy (non-hydrogen) atoms. The summed E-state index contributed by atoms with van der Waals surface area (Å²) in [5, 5.41) is 0. The van der Waals surface area contributed by atoms with Crippen LogP contribution < -0.4 is 0 Å². The number of carbonyl (C=O) groups excluding carboxylic acids is 1. The van der Waals surface area contributed by atoms with E-state index < -0.39 is 28.9 Å². The topological polar surface area (TPSA) is 17.1 Å². The number of alkyl halides is 3. The maximum atomic E-state index is 13.8. The van der Waals surface area contributed by atoms with Gasteiger partial charge >= 0.3 is 6.18 Å². The monoisotopic (exact) mass is 286 g/mol. The summed E-state index contributed by atoms with van der Waals surface area (Å²) in [6, 6.07) is 5.23. The Morgan fingerprint density at radius 3 is 2.20 bits per heavy atom. The molecule has 104 valence electrons. The van der Waals surface area contributed by atoms with Gasteiger partial charge < -0.3 is 0 Å². The molecule has 2 rings (SSSR count). The molecule has 0 aliphatic carbocycles. The van der Waals surface area contributed by atoms with Gasteiger partial charge in [0, 0.05) is 16.7 Å². The minimum atomic E-state index is -4.69. The molecule has 1 nitrogen and oxygen atoms in total. The van der Waals surface area contributed by atoms with Crippen LogP contribution in [0.25, 0.3) is 11.1 Å². The molecular weight excluding hydrogens is 279 g/mol. The highest BCUT2D eigenvalue weighted by molar-refractivity contribution is 5.88. The summed E-state index contributed by atoms with van der Waals surface area (Å²) in [4.78, 5) is 10.8. The summed E-state index contributed by atoms with van der Waals surface area (Å²) in [6.07, 6.45) is -4.38. The zero-order valence-corrected chi connectivity index (χ0v) is 9.84. The minimum Gasteiger partial charge on any atom is -0.298 e. The maximum absolute atomic E-state index is 13.8. The number of hydrogen-bond acceptors (Lipinski definition) is 1. The average Bonchev–Trinajstić information content (AvgIpc) is 2.38. The van der Waals surface area contributed by atoms with Crippen LogP contribution in [-0.2, 0) is 6.18 Å². The Bertz CT molecular complexity index is 661. The Morgan fingerprint density at radius 1 is 0.950 bits per heavy atom. The molecule has 0 radical (unpaired) electrons. The fourth-order valence-electron chi connectivity index (χ4n) is 1.82. The summed E-state index contributed by atoms with van der Waals surface area (Å²) in [7, 11) is 0. The second-order valence-corrected chi connectivity index (χ2v) is 4.01. The van der Waals surface area contributed by atoms with E-state index in [1.165, 1.54) is 12.1 Å². The summed E-state index contributed by atoms with van der Waals surface area (Å²) in [6.45, 7) is 0. The fraction of sp³-hybridized carbons (Fsp3) is 0.0714. The van der Waals surface area contributed by atoms with Gasteiger partial charge in [0.2, 0.25) is 0 Å². The molecule has 0 aromatic heterocycles. The Balaban J connectivity index is 2.63. The number of hydrogen-bond donors (Lipinski definition) is 0. The molecule has 0 amide bonds. The smallest absolute Gasteiger partial charge is 0.298 e. The van der Waals surface area contributed by atoms with E-state index in [4.69, 9.17) is 0 Å². The van der Waals surface area contributed by atoms with Gasteiger partial charge in [-0.05, 0) is 18.2 Å². The predicted octanol–water partition coefficient (Wildman–Crippen LogP) is 4.46. The normalized spacial score (nSPS) is 11.4. The minimum absolute atomic E-state index is 0.136. The van der Waals surface area contributed by atoms with Crippen LogP contribution in [0.4, 0.5) is 22.0 Å². The first-order chi connectivity index (χ1) is 9.34. The van der Waals surface area contributed by atoms with Crippen LogP contribution in [-0.4, -0.2) is 6.29 Å². The number of benzene rings is 2. The Kier molecular flexibility index (Phi) is 3.57. The van der Waals surface area contributed by atoms with Crippen molar-refractivity contribution < 1.29 is 26.7 Å². The second kappa shape index (κ2) is 5.03. The lowest BCUT2D eigenvalue weighted by molar-refractivity contribution is -0.137. The molecule has 0 atom stereocenters. The van der Waals surface area contributed by atoms with E-state index in [0.29, 0.717) is 12.4 Å². The van der Waals surface area contributed by atoms with Gasteiger partial charge in [-0.15, -0.1) is 0 Å². The maximum Gasteiger partial charge on any atom is 0.416 e. The number of carbonyl (C=O) groups is 1. The first-order valence-electron chi connectivity index (χ1n) is 5.45. The van der Waals surface area contributed by atoms with E-state index in [2.05, 4.69) is 0 Å². The van der Waals surface area contributed by atoms with Crippen LogP contribution in [0, 0.1) is 11.6 Å². The molecule has 0 bridgehead atoms. The molecule has 0 N–H and O–H groups in total. The summed E-state index contributed by atoms with van der Waals surface area (Å²) >= 11 is 0. The van der Waals surface area contributed by atoms with Crippen LogP contribution in [0.3, 0.4) is 0 Å². The van der Waals surface area contributed by atoms with Gasteiger partial charge in [-0.3, -0.25) is 4.79 Å².